The van der Waals surface area contributed by atoms with Crippen LogP contribution >= 0.6 is 0 Å². The summed E-state index contributed by atoms with van der Waals surface area (Å²) in [6.07, 6.45) is 1.43. The molecule has 7 rings (SSSR count). The molecule has 6 heteroatoms. The molecule has 184 valence electrons. The minimum Gasteiger partial charge on any atom is -0.486 e. The first-order valence-corrected chi connectivity index (χ1v) is 12.7. The van der Waals surface area contributed by atoms with Crippen LogP contribution in [0.5, 0.6) is 11.6 Å². The number of pyridine rings is 2. The number of fused-ring (bicyclic) bond motifs is 11. The normalized spacial score (nSPS) is 27.5. The van der Waals surface area contributed by atoms with Crippen molar-refractivity contribution in [2.24, 2.45) is 20.0 Å². The van der Waals surface area contributed by atoms with Gasteiger partial charge < -0.3 is 18.6 Å². The van der Waals surface area contributed by atoms with E-state index in [1.807, 2.05) is 67.2 Å². The molecule has 0 radical (unpaired) electrons. The molecule has 36 heavy (non-hydrogen) atoms. The molecule has 1 fully saturated rings. The van der Waals surface area contributed by atoms with E-state index in [4.69, 9.17) is 9.47 Å². The van der Waals surface area contributed by atoms with Crippen molar-refractivity contribution < 1.29 is 9.47 Å². The molecule has 4 aromatic rings. The topological polar surface area (TPSA) is 62.5 Å². The lowest BCUT2D eigenvalue weighted by Crippen LogP contribution is -2.58. The fraction of sp³-hybridized carbons (Fsp3) is 0.400. The average molecular weight is 483 g/mol. The molecule has 2 bridgehead atoms. The maximum atomic E-state index is 14.0. The van der Waals surface area contributed by atoms with Crippen molar-refractivity contribution in [2.75, 3.05) is 0 Å². The van der Waals surface area contributed by atoms with E-state index in [1.54, 1.807) is 4.57 Å². The first-order valence-electron chi connectivity index (χ1n) is 12.7. The number of nitrogens with zero attached hydrogens (tertiary/aromatic N) is 2. The third kappa shape index (κ3) is 2.62. The van der Waals surface area contributed by atoms with Crippen LogP contribution in [0.1, 0.15) is 56.6 Å². The SMILES string of the molecule is Cn1c2c(c(=O)c3ccccc31)[C@H]1C[C@]3(C)C[C@@H](c4c(c5ccccc5n(C)c4=O)O3)[C@@H]1C(C)(C)O2. The molecule has 1 saturated carbocycles. The smallest absolute Gasteiger partial charge is 0.258 e. The Hall–Kier alpha value is -3.54. The summed E-state index contributed by atoms with van der Waals surface area (Å²) >= 11 is 0. The van der Waals surface area contributed by atoms with Gasteiger partial charge in [-0.25, -0.2) is 0 Å². The van der Waals surface area contributed by atoms with E-state index in [2.05, 4.69) is 20.8 Å². The Labute approximate surface area is 209 Å². The number of ether oxygens (including phenoxy) is 2. The van der Waals surface area contributed by atoms with Gasteiger partial charge in [-0.05, 0) is 57.9 Å². The molecule has 0 saturated heterocycles. The van der Waals surface area contributed by atoms with E-state index in [-0.39, 0.29) is 28.7 Å². The molecule has 0 unspecified atom stereocenters. The molecule has 2 aromatic carbocycles. The van der Waals surface area contributed by atoms with Crippen LogP contribution < -0.4 is 20.5 Å². The maximum absolute atomic E-state index is 14.0. The monoisotopic (exact) mass is 482 g/mol. The standard InChI is InChI=1S/C30H30N2O4/c1-29(2)24-18(22-25(33)16-10-6-8-12-20(16)32(5)28(22)36-29)14-30(3)15-19(24)23-26(35-30)17-11-7-9-13-21(17)31(4)27(23)34/h6-13,18-19,24H,14-15H2,1-5H3/t18-,19+,24-,30-/m1/s1. The largest absolute Gasteiger partial charge is 0.486 e. The summed E-state index contributed by atoms with van der Waals surface area (Å²) in [6, 6.07) is 15.7. The van der Waals surface area contributed by atoms with Crippen molar-refractivity contribution in [1.82, 2.24) is 9.13 Å². The van der Waals surface area contributed by atoms with E-state index in [0.29, 0.717) is 23.4 Å². The van der Waals surface area contributed by atoms with Crippen LogP contribution in [0.4, 0.5) is 0 Å². The van der Waals surface area contributed by atoms with E-state index in [1.165, 1.54) is 0 Å². The average Bonchev–Trinajstić information content (AvgIpc) is 2.84. The van der Waals surface area contributed by atoms with Gasteiger partial charge in [0.2, 0.25) is 5.88 Å². The highest BCUT2D eigenvalue weighted by Crippen LogP contribution is 2.62. The molecule has 6 nitrogen and oxygen atoms in total. The summed E-state index contributed by atoms with van der Waals surface area (Å²) in [5.74, 6) is 1.14. The minimum absolute atomic E-state index is 0.0237. The fourth-order valence-corrected chi connectivity index (χ4v) is 7.60. The van der Waals surface area contributed by atoms with Gasteiger partial charge in [-0.2, -0.15) is 0 Å². The zero-order valence-electron chi connectivity index (χ0n) is 21.3. The Morgan fingerprint density at radius 3 is 2.06 bits per heavy atom. The van der Waals surface area contributed by atoms with Gasteiger partial charge in [0, 0.05) is 42.6 Å². The highest BCUT2D eigenvalue weighted by atomic mass is 16.5. The predicted molar refractivity (Wildman–Crippen MR) is 140 cm³/mol. The van der Waals surface area contributed by atoms with Crippen molar-refractivity contribution in [3.63, 3.8) is 0 Å². The molecule has 4 heterocycles. The van der Waals surface area contributed by atoms with Crippen LogP contribution in [0.25, 0.3) is 21.8 Å². The summed E-state index contributed by atoms with van der Waals surface area (Å²) in [4.78, 5) is 27.8. The second-order valence-electron chi connectivity index (χ2n) is 11.7. The zero-order chi connectivity index (χ0) is 25.1. The first-order chi connectivity index (χ1) is 17.1. The van der Waals surface area contributed by atoms with Crippen molar-refractivity contribution in [3.05, 3.63) is 80.2 Å². The van der Waals surface area contributed by atoms with Crippen molar-refractivity contribution >= 4 is 21.8 Å². The quantitative estimate of drug-likeness (QED) is 0.354. The number of hydrogen-bond acceptors (Lipinski definition) is 4. The van der Waals surface area contributed by atoms with E-state index < -0.39 is 11.2 Å². The predicted octanol–water partition coefficient (Wildman–Crippen LogP) is 4.99. The third-order valence-corrected chi connectivity index (χ3v) is 9.00. The van der Waals surface area contributed by atoms with Crippen LogP contribution in [0, 0.1) is 5.92 Å². The maximum Gasteiger partial charge on any atom is 0.258 e. The lowest BCUT2D eigenvalue weighted by Gasteiger charge is -2.57. The van der Waals surface area contributed by atoms with Gasteiger partial charge >= 0.3 is 0 Å². The van der Waals surface area contributed by atoms with E-state index >= 15 is 0 Å². The molecular formula is C30H30N2O4. The highest BCUT2D eigenvalue weighted by Gasteiger charge is 2.59. The molecule has 4 atom stereocenters. The number of para-hydroxylation sites is 2. The number of aryl methyl sites for hydroxylation is 2. The highest BCUT2D eigenvalue weighted by molar-refractivity contribution is 5.87. The van der Waals surface area contributed by atoms with E-state index in [0.717, 1.165) is 34.0 Å². The third-order valence-electron chi connectivity index (χ3n) is 9.00. The molecule has 0 spiro atoms. The Bertz CT molecular complexity index is 1720. The van der Waals surface area contributed by atoms with Gasteiger partial charge in [0.1, 0.15) is 17.0 Å². The van der Waals surface area contributed by atoms with Gasteiger partial charge in [-0.3, -0.25) is 9.59 Å². The molecular weight excluding hydrogens is 452 g/mol. The van der Waals surface area contributed by atoms with Crippen molar-refractivity contribution in [1.29, 1.82) is 0 Å². The zero-order valence-corrected chi connectivity index (χ0v) is 21.3. The summed E-state index contributed by atoms with van der Waals surface area (Å²) < 4.78 is 17.2. The lowest BCUT2D eigenvalue weighted by atomic mass is 9.56. The Balaban J connectivity index is 1.54. The second kappa shape index (κ2) is 6.81. The molecule has 0 amide bonds. The van der Waals surface area contributed by atoms with Gasteiger partial charge in [0.25, 0.3) is 5.56 Å². The molecule has 2 aromatic heterocycles. The minimum atomic E-state index is -0.582. The first kappa shape index (κ1) is 21.7. The molecule has 0 N–H and O–H groups in total. The van der Waals surface area contributed by atoms with E-state index in [9.17, 15) is 9.59 Å². The Morgan fingerprint density at radius 2 is 1.36 bits per heavy atom. The summed E-state index contributed by atoms with van der Waals surface area (Å²) in [5, 5.41) is 1.66. The van der Waals surface area contributed by atoms with Crippen LogP contribution in [0.15, 0.2) is 58.1 Å². The number of benzene rings is 2. The van der Waals surface area contributed by atoms with Gasteiger partial charge in [-0.15, -0.1) is 0 Å². The number of aromatic nitrogens is 2. The summed E-state index contributed by atoms with van der Waals surface area (Å²) in [6.45, 7) is 6.35. The summed E-state index contributed by atoms with van der Waals surface area (Å²) in [7, 11) is 3.80. The Morgan fingerprint density at radius 1 is 0.778 bits per heavy atom. The van der Waals surface area contributed by atoms with Gasteiger partial charge in [-0.1, -0.05) is 24.3 Å². The van der Waals surface area contributed by atoms with Gasteiger partial charge in [0.05, 0.1) is 22.2 Å². The lowest BCUT2D eigenvalue weighted by molar-refractivity contribution is -0.0833. The summed E-state index contributed by atoms with van der Waals surface area (Å²) in [5.41, 5.74) is 2.11. The van der Waals surface area contributed by atoms with Crippen LogP contribution in [0.3, 0.4) is 0 Å². The molecule has 2 aliphatic heterocycles. The fourth-order valence-electron chi connectivity index (χ4n) is 7.60. The van der Waals surface area contributed by atoms with Crippen molar-refractivity contribution in [3.8, 4) is 11.6 Å². The number of rotatable bonds is 0. The Kier molecular flexibility index (Phi) is 4.11. The van der Waals surface area contributed by atoms with Crippen LogP contribution in [-0.2, 0) is 14.1 Å². The second-order valence-corrected chi connectivity index (χ2v) is 11.7. The van der Waals surface area contributed by atoms with Crippen molar-refractivity contribution in [2.45, 2.75) is 56.7 Å². The molecule has 1 aliphatic carbocycles. The van der Waals surface area contributed by atoms with Crippen LogP contribution in [0.2, 0.25) is 0 Å². The van der Waals surface area contributed by atoms with Gasteiger partial charge in [0.15, 0.2) is 5.43 Å². The number of hydrogen-bond donors (Lipinski definition) is 0. The van der Waals surface area contributed by atoms with Crippen LogP contribution in [-0.4, -0.2) is 20.3 Å². The molecule has 3 aliphatic rings.